The van der Waals surface area contributed by atoms with Gasteiger partial charge < -0.3 is 19.9 Å². The molecule has 0 saturated heterocycles. The van der Waals surface area contributed by atoms with Gasteiger partial charge in [0.25, 0.3) is 0 Å². The molecule has 0 heterocycles. The highest BCUT2D eigenvalue weighted by atomic mass is 16.5. The Kier molecular flexibility index (Phi) is 5.57. The maximum Gasteiger partial charge on any atom is 0.229 e. The molecule has 25 heavy (non-hydrogen) atoms. The summed E-state index contributed by atoms with van der Waals surface area (Å²) >= 11 is 0. The van der Waals surface area contributed by atoms with Gasteiger partial charge in [-0.25, -0.2) is 0 Å². The fraction of sp³-hybridized carbons (Fsp3) is 0.350. The van der Waals surface area contributed by atoms with Crippen LogP contribution >= 0.6 is 0 Å². The summed E-state index contributed by atoms with van der Waals surface area (Å²) in [6.07, 6.45) is 0.131. The molecule has 0 fully saturated rings. The van der Waals surface area contributed by atoms with E-state index in [1.807, 2.05) is 6.07 Å². The first-order chi connectivity index (χ1) is 11.7. The molecule has 134 valence electrons. The van der Waals surface area contributed by atoms with Crippen LogP contribution in [0.15, 0.2) is 36.4 Å². The molecule has 0 radical (unpaired) electrons. The second kappa shape index (κ2) is 7.47. The molecule has 0 saturated carbocycles. The molecule has 2 aromatic carbocycles. The summed E-state index contributed by atoms with van der Waals surface area (Å²) in [5.74, 6) is 1.06. The van der Waals surface area contributed by atoms with E-state index >= 15 is 0 Å². The predicted molar refractivity (Wildman–Crippen MR) is 98.7 cm³/mol. The molecule has 0 bridgehead atoms. The van der Waals surface area contributed by atoms with Gasteiger partial charge in [-0.05, 0) is 29.2 Å². The van der Waals surface area contributed by atoms with Gasteiger partial charge in [0.2, 0.25) is 5.91 Å². The Morgan fingerprint density at radius 2 is 1.80 bits per heavy atom. The van der Waals surface area contributed by atoms with Crippen LogP contribution < -0.4 is 14.8 Å². The average Bonchev–Trinajstić information content (AvgIpc) is 2.56. The number of methoxy groups -OCH3 is 2. The molecule has 0 aliphatic heterocycles. The molecule has 0 unspecified atom stereocenters. The maximum absolute atomic E-state index is 12.4. The van der Waals surface area contributed by atoms with Crippen molar-refractivity contribution >= 4 is 11.6 Å². The first-order valence-corrected chi connectivity index (χ1v) is 8.09. The summed E-state index contributed by atoms with van der Waals surface area (Å²) in [7, 11) is 3.13. The van der Waals surface area contributed by atoms with E-state index in [-0.39, 0.29) is 23.5 Å². The van der Waals surface area contributed by atoms with Crippen molar-refractivity contribution in [2.24, 2.45) is 0 Å². The molecular weight excluding hydrogens is 318 g/mol. The molecule has 5 nitrogen and oxygen atoms in total. The lowest BCUT2D eigenvalue weighted by Crippen LogP contribution is -2.16. The third-order valence-electron chi connectivity index (χ3n) is 3.98. The summed E-state index contributed by atoms with van der Waals surface area (Å²) in [6.45, 7) is 6.23. The zero-order valence-corrected chi connectivity index (χ0v) is 15.3. The van der Waals surface area contributed by atoms with Gasteiger partial charge in [-0.2, -0.15) is 0 Å². The van der Waals surface area contributed by atoms with Crippen LogP contribution in [0.3, 0.4) is 0 Å². The van der Waals surface area contributed by atoms with E-state index in [1.165, 1.54) is 0 Å². The first-order valence-electron chi connectivity index (χ1n) is 8.09. The van der Waals surface area contributed by atoms with Crippen LogP contribution in [-0.2, 0) is 16.6 Å². The number of amides is 1. The number of rotatable bonds is 5. The molecule has 1 amide bonds. The molecule has 2 N–H and O–H groups in total. The van der Waals surface area contributed by atoms with E-state index < -0.39 is 0 Å². The summed E-state index contributed by atoms with van der Waals surface area (Å²) in [6, 6.07) is 10.6. The lowest BCUT2D eigenvalue weighted by Gasteiger charge is -2.20. The summed E-state index contributed by atoms with van der Waals surface area (Å²) in [5.41, 5.74) is 2.10. The van der Waals surface area contributed by atoms with E-state index in [0.29, 0.717) is 17.2 Å². The Morgan fingerprint density at radius 3 is 2.40 bits per heavy atom. The van der Waals surface area contributed by atoms with Crippen LogP contribution in [0.25, 0.3) is 0 Å². The maximum atomic E-state index is 12.4. The molecule has 0 spiro atoms. The summed E-state index contributed by atoms with van der Waals surface area (Å²) in [4.78, 5) is 12.4. The van der Waals surface area contributed by atoms with E-state index in [0.717, 1.165) is 11.1 Å². The van der Waals surface area contributed by atoms with Crippen molar-refractivity contribution in [3.05, 3.63) is 47.5 Å². The number of aromatic hydroxyl groups is 1. The Morgan fingerprint density at radius 1 is 1.08 bits per heavy atom. The number of phenolic OH excluding ortho intramolecular Hbond substituents is 1. The second-order valence-electron chi connectivity index (χ2n) is 6.88. The topological polar surface area (TPSA) is 67.8 Å². The number of ether oxygens (including phenoxy) is 2. The normalized spacial score (nSPS) is 11.1. The zero-order valence-electron chi connectivity index (χ0n) is 15.3. The van der Waals surface area contributed by atoms with Crippen LogP contribution in [0.2, 0.25) is 0 Å². The quantitative estimate of drug-likeness (QED) is 0.808. The summed E-state index contributed by atoms with van der Waals surface area (Å²) < 4.78 is 10.5. The van der Waals surface area contributed by atoms with Crippen molar-refractivity contribution in [3.63, 3.8) is 0 Å². The van der Waals surface area contributed by atoms with E-state index in [9.17, 15) is 9.90 Å². The molecule has 0 aliphatic rings. The second-order valence-corrected chi connectivity index (χ2v) is 6.88. The smallest absolute Gasteiger partial charge is 0.229 e. The third kappa shape index (κ3) is 4.66. The average molecular weight is 343 g/mol. The third-order valence-corrected chi connectivity index (χ3v) is 3.98. The largest absolute Gasteiger partial charge is 0.506 e. The Bertz CT molecular complexity index is 763. The number of hydrogen-bond acceptors (Lipinski definition) is 4. The minimum Gasteiger partial charge on any atom is -0.506 e. The molecule has 2 rings (SSSR count). The molecular formula is C20H25NO4. The van der Waals surface area contributed by atoms with Crippen molar-refractivity contribution in [2.75, 3.05) is 19.5 Å². The van der Waals surface area contributed by atoms with Crippen molar-refractivity contribution in [3.8, 4) is 17.2 Å². The minimum absolute atomic E-state index is 0.0445. The van der Waals surface area contributed by atoms with Gasteiger partial charge in [0, 0.05) is 11.6 Å². The van der Waals surface area contributed by atoms with Crippen LogP contribution in [0.4, 0.5) is 5.69 Å². The van der Waals surface area contributed by atoms with E-state index in [1.54, 1.807) is 44.6 Å². The number of carbonyl (C=O) groups is 1. The fourth-order valence-corrected chi connectivity index (χ4v) is 2.47. The predicted octanol–water partition coefficient (Wildman–Crippen LogP) is 3.89. The highest BCUT2D eigenvalue weighted by molar-refractivity contribution is 5.94. The molecule has 0 aliphatic carbocycles. The first kappa shape index (κ1) is 18.6. The Balaban J connectivity index is 2.18. The number of hydrogen-bond donors (Lipinski definition) is 2. The van der Waals surface area contributed by atoms with Crippen molar-refractivity contribution in [1.29, 1.82) is 0 Å². The van der Waals surface area contributed by atoms with Crippen LogP contribution in [0.1, 0.15) is 31.9 Å². The zero-order chi connectivity index (χ0) is 18.6. The van der Waals surface area contributed by atoms with Crippen LogP contribution in [0, 0.1) is 0 Å². The fourth-order valence-electron chi connectivity index (χ4n) is 2.47. The molecule has 0 atom stereocenters. The minimum atomic E-state index is -0.232. The van der Waals surface area contributed by atoms with E-state index in [4.69, 9.17) is 9.47 Å². The highest BCUT2D eigenvalue weighted by Gasteiger charge is 2.17. The monoisotopic (exact) mass is 343 g/mol. The van der Waals surface area contributed by atoms with E-state index in [2.05, 4.69) is 26.1 Å². The van der Waals surface area contributed by atoms with Crippen LogP contribution in [-0.4, -0.2) is 25.2 Å². The molecule has 0 aromatic heterocycles. The number of benzene rings is 2. The van der Waals surface area contributed by atoms with Gasteiger partial charge >= 0.3 is 0 Å². The Hall–Kier alpha value is -2.69. The molecule has 5 heteroatoms. The number of anilines is 1. The molecule has 2 aromatic rings. The van der Waals surface area contributed by atoms with Crippen molar-refractivity contribution < 1.29 is 19.4 Å². The van der Waals surface area contributed by atoms with Crippen LogP contribution in [0.5, 0.6) is 17.2 Å². The van der Waals surface area contributed by atoms with Crippen molar-refractivity contribution in [2.45, 2.75) is 32.6 Å². The van der Waals surface area contributed by atoms with Crippen molar-refractivity contribution in [1.82, 2.24) is 0 Å². The number of nitrogens with one attached hydrogen (secondary N) is 1. The standard InChI is InChI=1S/C20H25NO4/c1-20(2,3)14-7-9-17(22)16(11-14)21-19(23)10-13-6-8-15(24-4)12-18(13)25-5/h6-9,11-12,22H,10H2,1-5H3,(H,21,23). The lowest BCUT2D eigenvalue weighted by molar-refractivity contribution is -0.115. The van der Waals surface area contributed by atoms with Gasteiger partial charge in [-0.3, -0.25) is 4.79 Å². The number of phenols is 1. The highest BCUT2D eigenvalue weighted by Crippen LogP contribution is 2.31. The lowest BCUT2D eigenvalue weighted by atomic mass is 9.87. The van der Waals surface area contributed by atoms with Gasteiger partial charge in [0.1, 0.15) is 17.2 Å². The summed E-state index contributed by atoms with van der Waals surface area (Å²) in [5, 5.41) is 12.8. The number of carbonyl (C=O) groups excluding carboxylic acids is 1. The SMILES string of the molecule is COc1ccc(CC(=O)Nc2cc(C(C)(C)C)ccc2O)c(OC)c1. The van der Waals surface area contributed by atoms with Gasteiger partial charge in [-0.1, -0.05) is 32.9 Å². The Labute approximate surface area is 148 Å². The van der Waals surface area contributed by atoms with Gasteiger partial charge in [0.15, 0.2) is 0 Å². The van der Waals surface area contributed by atoms with Gasteiger partial charge in [-0.15, -0.1) is 0 Å². The van der Waals surface area contributed by atoms with Gasteiger partial charge in [0.05, 0.1) is 26.3 Å².